The van der Waals surface area contributed by atoms with Gasteiger partial charge in [0.2, 0.25) is 0 Å². The minimum Gasteiger partial charge on any atom is -0.377 e. The van der Waals surface area contributed by atoms with Gasteiger partial charge in [0.1, 0.15) is 0 Å². The van der Waals surface area contributed by atoms with Crippen LogP contribution in [-0.4, -0.2) is 29.6 Å². The lowest BCUT2D eigenvalue weighted by Gasteiger charge is -2.27. The normalized spacial score (nSPS) is 12.4. The third kappa shape index (κ3) is 6.63. The van der Waals surface area contributed by atoms with E-state index in [-0.39, 0.29) is 0 Å². The third-order valence-corrected chi connectivity index (χ3v) is 5.41. The molecule has 0 saturated carbocycles. The molecule has 0 amide bonds. The van der Waals surface area contributed by atoms with Crippen LogP contribution in [0.5, 0.6) is 0 Å². The van der Waals surface area contributed by atoms with Gasteiger partial charge in [-0.15, -0.1) is 0 Å². The van der Waals surface area contributed by atoms with Crippen molar-refractivity contribution in [1.82, 2.24) is 0 Å². The Morgan fingerprint density at radius 2 is 1.62 bits per heavy atom. The van der Waals surface area contributed by atoms with Gasteiger partial charge in [-0.1, -0.05) is 40.0 Å². The molecule has 0 saturated heterocycles. The maximum Gasteiger partial charge on any atom is 0.500 e. The molecule has 0 heterocycles. The molecule has 0 spiro atoms. The van der Waals surface area contributed by atoms with Gasteiger partial charge in [0.15, 0.2) is 0 Å². The average molecular weight is 248 g/mol. The van der Waals surface area contributed by atoms with Gasteiger partial charge in [-0.05, 0) is 12.3 Å². The van der Waals surface area contributed by atoms with E-state index in [1.807, 2.05) is 0 Å². The average Bonchev–Trinajstić information content (AvgIpc) is 2.29. The fourth-order valence-corrected chi connectivity index (χ4v) is 3.76. The summed E-state index contributed by atoms with van der Waals surface area (Å²) < 4.78 is 16.9. The molecule has 0 aliphatic heterocycles. The minimum atomic E-state index is -2.36. The predicted octanol–water partition coefficient (Wildman–Crippen LogP) is 3.47. The minimum absolute atomic E-state index is 0.521. The van der Waals surface area contributed by atoms with Crippen molar-refractivity contribution in [3.05, 3.63) is 0 Å². The largest absolute Gasteiger partial charge is 0.500 e. The van der Waals surface area contributed by atoms with Crippen LogP contribution in [0.25, 0.3) is 0 Å². The molecule has 0 aromatic heterocycles. The van der Waals surface area contributed by atoms with Gasteiger partial charge in [0.05, 0.1) is 0 Å². The molecule has 0 aromatic carbocycles. The van der Waals surface area contributed by atoms with Crippen LogP contribution in [0.4, 0.5) is 0 Å². The molecule has 0 N–H and O–H groups in total. The molecule has 0 rings (SSSR count). The SMILES string of the molecule is CCCCCC[Si](OC)(OC)OCC(C)C. The van der Waals surface area contributed by atoms with E-state index in [0.29, 0.717) is 5.92 Å². The Balaban J connectivity index is 4.00. The predicted molar refractivity (Wildman–Crippen MR) is 69.5 cm³/mol. The molecule has 0 atom stereocenters. The molecule has 16 heavy (non-hydrogen) atoms. The van der Waals surface area contributed by atoms with E-state index in [0.717, 1.165) is 19.1 Å². The van der Waals surface area contributed by atoms with Crippen molar-refractivity contribution in [3.8, 4) is 0 Å². The van der Waals surface area contributed by atoms with Crippen molar-refractivity contribution >= 4 is 8.80 Å². The summed E-state index contributed by atoms with van der Waals surface area (Å²) in [5, 5.41) is 0. The van der Waals surface area contributed by atoms with Crippen molar-refractivity contribution in [3.63, 3.8) is 0 Å². The highest BCUT2D eigenvalue weighted by Crippen LogP contribution is 2.19. The lowest BCUT2D eigenvalue weighted by atomic mass is 10.2. The van der Waals surface area contributed by atoms with Crippen LogP contribution in [0.2, 0.25) is 6.04 Å². The summed E-state index contributed by atoms with van der Waals surface area (Å²) in [6, 6.07) is 0.937. The van der Waals surface area contributed by atoms with Gasteiger partial charge in [0.25, 0.3) is 0 Å². The molecule has 0 aliphatic rings. The molecule has 4 heteroatoms. The van der Waals surface area contributed by atoms with Gasteiger partial charge in [0, 0.05) is 26.9 Å². The van der Waals surface area contributed by atoms with Crippen molar-refractivity contribution < 1.29 is 13.3 Å². The summed E-state index contributed by atoms with van der Waals surface area (Å²) in [5.74, 6) is 0.521. The smallest absolute Gasteiger partial charge is 0.377 e. The molecular formula is C12H28O3Si. The second-order valence-electron chi connectivity index (χ2n) is 4.61. The van der Waals surface area contributed by atoms with E-state index < -0.39 is 8.80 Å². The lowest BCUT2D eigenvalue weighted by Crippen LogP contribution is -2.44. The Bertz CT molecular complexity index is 158. The van der Waals surface area contributed by atoms with E-state index in [1.165, 1.54) is 19.3 Å². The van der Waals surface area contributed by atoms with Gasteiger partial charge >= 0.3 is 8.80 Å². The summed E-state index contributed by atoms with van der Waals surface area (Å²) in [4.78, 5) is 0. The first kappa shape index (κ1) is 16.1. The zero-order valence-electron chi connectivity index (χ0n) is 11.5. The first-order valence-electron chi connectivity index (χ1n) is 6.34. The Kier molecular flexibility index (Phi) is 9.22. The molecule has 3 nitrogen and oxygen atoms in total. The highest BCUT2D eigenvalue weighted by Gasteiger charge is 2.38. The van der Waals surface area contributed by atoms with E-state index in [1.54, 1.807) is 14.2 Å². The van der Waals surface area contributed by atoms with E-state index in [9.17, 15) is 0 Å². The topological polar surface area (TPSA) is 27.7 Å². The van der Waals surface area contributed by atoms with Crippen LogP contribution in [0.3, 0.4) is 0 Å². The second kappa shape index (κ2) is 9.16. The molecule has 0 bridgehead atoms. The maximum absolute atomic E-state index is 5.86. The zero-order chi connectivity index (χ0) is 12.4. The van der Waals surface area contributed by atoms with Crippen molar-refractivity contribution in [2.24, 2.45) is 5.92 Å². The standard InChI is InChI=1S/C12H28O3Si/c1-6-7-8-9-10-16(13-4,14-5)15-11-12(2)3/h12H,6-11H2,1-5H3. The van der Waals surface area contributed by atoms with Crippen molar-refractivity contribution in [2.45, 2.75) is 52.5 Å². The van der Waals surface area contributed by atoms with Crippen LogP contribution in [0, 0.1) is 5.92 Å². The summed E-state index contributed by atoms with van der Waals surface area (Å²) in [6.45, 7) is 7.22. The Labute approximate surface area is 102 Å². The fourth-order valence-electron chi connectivity index (χ4n) is 1.54. The first-order valence-corrected chi connectivity index (χ1v) is 8.27. The van der Waals surface area contributed by atoms with Gasteiger partial charge in [-0.2, -0.15) is 0 Å². The molecule has 0 aromatic rings. The second-order valence-corrected chi connectivity index (χ2v) is 7.58. The molecule has 0 radical (unpaired) electrons. The van der Waals surface area contributed by atoms with Gasteiger partial charge in [-0.25, -0.2) is 0 Å². The third-order valence-electron chi connectivity index (χ3n) is 2.60. The van der Waals surface area contributed by atoms with E-state index in [4.69, 9.17) is 13.3 Å². The lowest BCUT2D eigenvalue weighted by molar-refractivity contribution is 0.0861. The first-order chi connectivity index (χ1) is 7.60. The van der Waals surface area contributed by atoms with Gasteiger partial charge in [-0.3, -0.25) is 0 Å². The quantitative estimate of drug-likeness (QED) is 0.438. The Morgan fingerprint density at radius 3 is 2.06 bits per heavy atom. The summed E-state index contributed by atoms with van der Waals surface area (Å²) in [6.07, 6.45) is 4.91. The Hall–Kier alpha value is 0.0969. The van der Waals surface area contributed by atoms with Crippen molar-refractivity contribution in [2.75, 3.05) is 20.8 Å². The Morgan fingerprint density at radius 1 is 1.00 bits per heavy atom. The van der Waals surface area contributed by atoms with Crippen LogP contribution < -0.4 is 0 Å². The molecule has 98 valence electrons. The van der Waals surface area contributed by atoms with E-state index >= 15 is 0 Å². The maximum atomic E-state index is 5.86. The van der Waals surface area contributed by atoms with Crippen LogP contribution in [0.1, 0.15) is 46.5 Å². The molecule has 0 unspecified atom stereocenters. The zero-order valence-corrected chi connectivity index (χ0v) is 12.5. The number of hydrogen-bond donors (Lipinski definition) is 0. The monoisotopic (exact) mass is 248 g/mol. The summed E-state index contributed by atoms with van der Waals surface area (Å²) >= 11 is 0. The summed E-state index contributed by atoms with van der Waals surface area (Å²) in [5.41, 5.74) is 0. The number of rotatable bonds is 10. The van der Waals surface area contributed by atoms with E-state index in [2.05, 4.69) is 20.8 Å². The molecular weight excluding hydrogens is 220 g/mol. The highest BCUT2D eigenvalue weighted by atomic mass is 28.4. The number of unbranched alkanes of at least 4 members (excludes halogenated alkanes) is 3. The van der Waals surface area contributed by atoms with Crippen LogP contribution in [-0.2, 0) is 13.3 Å². The summed E-state index contributed by atoms with van der Waals surface area (Å²) in [7, 11) is 1.05. The fraction of sp³-hybridized carbons (Fsp3) is 1.00. The van der Waals surface area contributed by atoms with Crippen LogP contribution in [0.15, 0.2) is 0 Å². The number of hydrogen-bond acceptors (Lipinski definition) is 3. The van der Waals surface area contributed by atoms with Crippen molar-refractivity contribution in [1.29, 1.82) is 0 Å². The molecule has 0 fully saturated rings. The highest BCUT2D eigenvalue weighted by molar-refractivity contribution is 6.60. The van der Waals surface area contributed by atoms with Crippen LogP contribution >= 0.6 is 0 Å². The van der Waals surface area contributed by atoms with Gasteiger partial charge < -0.3 is 13.3 Å². The molecule has 0 aliphatic carbocycles.